The first-order valence-electron chi connectivity index (χ1n) is 4.08. The van der Waals surface area contributed by atoms with Crippen molar-refractivity contribution in [3.63, 3.8) is 0 Å². The average Bonchev–Trinajstić information content (AvgIpc) is 2.06. The zero-order chi connectivity index (χ0) is 9.03. The highest BCUT2D eigenvalue weighted by Crippen LogP contribution is 2.21. The second kappa shape index (κ2) is 3.55. The van der Waals surface area contributed by atoms with Crippen LogP contribution >= 0.6 is 0 Å². The minimum absolute atomic E-state index is 0.837. The van der Waals surface area contributed by atoms with Gasteiger partial charge in [0.2, 0.25) is 0 Å². The third kappa shape index (κ3) is 1.95. The van der Waals surface area contributed by atoms with Gasteiger partial charge in [-0.3, -0.25) is 0 Å². The molecular formula is C11H14O. The molecule has 1 unspecified atom stereocenters. The topological polar surface area (TPSA) is 20.2 Å². The predicted octanol–water partition coefficient (Wildman–Crippen LogP) is 2.47. The Bertz CT molecular complexity index is 260. The molecule has 0 aromatic heterocycles. The summed E-state index contributed by atoms with van der Waals surface area (Å²) in [4.78, 5) is 0. The molecule has 0 radical (unpaired) electrons. The molecule has 0 heterocycles. The third-order valence-corrected chi connectivity index (χ3v) is 1.85. The molecule has 0 amide bonds. The molecule has 1 aromatic rings. The fraction of sp³-hybridized carbons (Fsp3) is 0.273. The number of hydrogen-bond acceptors (Lipinski definition) is 1. The first-order chi connectivity index (χ1) is 5.67. The molecule has 1 rings (SSSR count). The Balaban J connectivity index is 2.97. The van der Waals surface area contributed by atoms with E-state index in [2.05, 4.69) is 0 Å². The minimum Gasteiger partial charge on any atom is -0.381 e. The maximum absolute atomic E-state index is 9.90. The summed E-state index contributed by atoms with van der Waals surface area (Å²) in [6, 6.07) is 9.62. The van der Waals surface area contributed by atoms with Gasteiger partial charge in [-0.15, -0.1) is 0 Å². The van der Waals surface area contributed by atoms with Crippen molar-refractivity contribution < 1.29 is 5.11 Å². The van der Waals surface area contributed by atoms with Crippen molar-refractivity contribution in [1.82, 2.24) is 0 Å². The van der Waals surface area contributed by atoms with Crippen molar-refractivity contribution in [2.24, 2.45) is 0 Å². The molecule has 1 aromatic carbocycles. The molecule has 64 valence electrons. The van der Waals surface area contributed by atoms with Crippen LogP contribution < -0.4 is 0 Å². The molecule has 12 heavy (non-hydrogen) atoms. The largest absolute Gasteiger partial charge is 0.381 e. The lowest BCUT2D eigenvalue weighted by Gasteiger charge is -2.18. The number of rotatable bonds is 2. The van der Waals surface area contributed by atoms with Gasteiger partial charge in [-0.1, -0.05) is 42.5 Å². The van der Waals surface area contributed by atoms with Crippen molar-refractivity contribution in [3.8, 4) is 0 Å². The van der Waals surface area contributed by atoms with Crippen molar-refractivity contribution in [2.45, 2.75) is 19.4 Å². The summed E-state index contributed by atoms with van der Waals surface area (Å²) in [6.45, 7) is 3.68. The highest BCUT2D eigenvalue weighted by atomic mass is 16.3. The van der Waals surface area contributed by atoms with E-state index in [4.69, 9.17) is 0 Å². The molecular weight excluding hydrogens is 148 g/mol. The maximum Gasteiger partial charge on any atom is 0.105 e. The minimum atomic E-state index is -0.837. The van der Waals surface area contributed by atoms with Crippen molar-refractivity contribution in [3.05, 3.63) is 48.0 Å². The van der Waals surface area contributed by atoms with Gasteiger partial charge in [0, 0.05) is 0 Å². The van der Waals surface area contributed by atoms with Gasteiger partial charge in [-0.25, -0.2) is 0 Å². The SMILES string of the molecule is C/C=C/C(C)(O)c1ccccc1. The van der Waals surface area contributed by atoms with Gasteiger partial charge in [0.25, 0.3) is 0 Å². The quantitative estimate of drug-likeness (QED) is 0.662. The molecule has 0 aliphatic rings. The number of benzene rings is 1. The molecule has 0 aliphatic heterocycles. The molecule has 1 nitrogen and oxygen atoms in total. The Labute approximate surface area is 73.4 Å². The van der Waals surface area contributed by atoms with Gasteiger partial charge in [0.1, 0.15) is 5.60 Å². The van der Waals surface area contributed by atoms with E-state index in [1.807, 2.05) is 43.3 Å². The van der Waals surface area contributed by atoms with Crippen molar-refractivity contribution >= 4 is 0 Å². The Morgan fingerprint density at radius 1 is 1.25 bits per heavy atom. The second-order valence-corrected chi connectivity index (χ2v) is 3.01. The van der Waals surface area contributed by atoms with Gasteiger partial charge in [-0.2, -0.15) is 0 Å². The first-order valence-corrected chi connectivity index (χ1v) is 4.08. The zero-order valence-electron chi connectivity index (χ0n) is 7.49. The van der Waals surface area contributed by atoms with E-state index in [1.54, 1.807) is 13.0 Å². The highest BCUT2D eigenvalue weighted by molar-refractivity contribution is 5.25. The van der Waals surface area contributed by atoms with Crippen LogP contribution in [0.2, 0.25) is 0 Å². The van der Waals surface area contributed by atoms with Crippen LogP contribution in [0.25, 0.3) is 0 Å². The van der Waals surface area contributed by atoms with Crippen LogP contribution in [0.4, 0.5) is 0 Å². The Morgan fingerprint density at radius 2 is 1.83 bits per heavy atom. The van der Waals surface area contributed by atoms with Crippen LogP contribution in [0.1, 0.15) is 19.4 Å². The van der Waals surface area contributed by atoms with Crippen LogP contribution in [0.15, 0.2) is 42.5 Å². The van der Waals surface area contributed by atoms with Crippen LogP contribution in [0.3, 0.4) is 0 Å². The smallest absolute Gasteiger partial charge is 0.105 e. The summed E-state index contributed by atoms with van der Waals surface area (Å²) in [7, 11) is 0. The summed E-state index contributed by atoms with van der Waals surface area (Å²) in [5, 5.41) is 9.90. The molecule has 0 spiro atoms. The Morgan fingerprint density at radius 3 is 2.33 bits per heavy atom. The summed E-state index contributed by atoms with van der Waals surface area (Å²) in [5.74, 6) is 0. The Hall–Kier alpha value is -1.08. The molecule has 1 N–H and O–H groups in total. The summed E-state index contributed by atoms with van der Waals surface area (Å²) >= 11 is 0. The molecule has 0 aliphatic carbocycles. The van der Waals surface area contributed by atoms with E-state index in [1.165, 1.54) is 0 Å². The summed E-state index contributed by atoms with van der Waals surface area (Å²) in [5.41, 5.74) is 0.0822. The zero-order valence-corrected chi connectivity index (χ0v) is 7.49. The second-order valence-electron chi connectivity index (χ2n) is 3.01. The van der Waals surface area contributed by atoms with Gasteiger partial charge >= 0.3 is 0 Å². The lowest BCUT2D eigenvalue weighted by Crippen LogP contribution is -2.17. The Kier molecular flexibility index (Phi) is 2.66. The van der Waals surface area contributed by atoms with E-state index in [0.29, 0.717) is 0 Å². The van der Waals surface area contributed by atoms with E-state index in [0.717, 1.165) is 5.56 Å². The fourth-order valence-electron chi connectivity index (χ4n) is 1.20. The monoisotopic (exact) mass is 162 g/mol. The van der Waals surface area contributed by atoms with E-state index < -0.39 is 5.60 Å². The van der Waals surface area contributed by atoms with Gasteiger partial charge in [0.15, 0.2) is 0 Å². The molecule has 0 bridgehead atoms. The van der Waals surface area contributed by atoms with Crippen molar-refractivity contribution in [1.29, 1.82) is 0 Å². The average molecular weight is 162 g/mol. The van der Waals surface area contributed by atoms with E-state index in [-0.39, 0.29) is 0 Å². The van der Waals surface area contributed by atoms with Crippen LogP contribution in [0.5, 0.6) is 0 Å². The summed E-state index contributed by atoms with van der Waals surface area (Å²) < 4.78 is 0. The van der Waals surface area contributed by atoms with Crippen LogP contribution in [-0.2, 0) is 5.60 Å². The van der Waals surface area contributed by atoms with E-state index in [9.17, 15) is 5.11 Å². The van der Waals surface area contributed by atoms with Gasteiger partial charge in [0.05, 0.1) is 0 Å². The standard InChI is InChI=1S/C11H14O/c1-3-9-11(2,12)10-7-5-4-6-8-10/h3-9,12H,1-2H3/b9-3+. The number of hydrogen-bond donors (Lipinski definition) is 1. The van der Waals surface area contributed by atoms with Crippen molar-refractivity contribution in [2.75, 3.05) is 0 Å². The molecule has 1 atom stereocenters. The lowest BCUT2D eigenvalue weighted by atomic mass is 9.96. The van der Waals surface area contributed by atoms with Gasteiger partial charge < -0.3 is 5.11 Å². The lowest BCUT2D eigenvalue weighted by molar-refractivity contribution is 0.111. The summed E-state index contributed by atoms with van der Waals surface area (Å²) in [6.07, 6.45) is 3.63. The third-order valence-electron chi connectivity index (χ3n) is 1.85. The normalized spacial score (nSPS) is 16.2. The highest BCUT2D eigenvalue weighted by Gasteiger charge is 2.17. The van der Waals surface area contributed by atoms with E-state index >= 15 is 0 Å². The first kappa shape index (κ1) is 9.01. The number of aliphatic hydroxyl groups is 1. The van der Waals surface area contributed by atoms with Crippen LogP contribution in [-0.4, -0.2) is 5.11 Å². The molecule has 0 saturated carbocycles. The molecule has 0 fully saturated rings. The molecule has 1 heteroatoms. The fourth-order valence-corrected chi connectivity index (χ4v) is 1.20. The maximum atomic E-state index is 9.90. The van der Waals surface area contributed by atoms with Gasteiger partial charge in [-0.05, 0) is 19.4 Å². The molecule has 0 saturated heterocycles. The van der Waals surface area contributed by atoms with Crippen LogP contribution in [0, 0.1) is 0 Å². The number of allylic oxidation sites excluding steroid dienone is 1. The predicted molar refractivity (Wildman–Crippen MR) is 50.8 cm³/mol.